The number of hydrogen-bond donors (Lipinski definition) is 2. The van der Waals surface area contributed by atoms with E-state index in [1.54, 1.807) is 11.3 Å². The van der Waals surface area contributed by atoms with Crippen LogP contribution in [-0.2, 0) is 9.47 Å². The number of rotatable bonds is 9. The third-order valence-corrected chi connectivity index (χ3v) is 5.07. The van der Waals surface area contributed by atoms with E-state index in [0.717, 1.165) is 64.7 Å². The molecule has 24 heavy (non-hydrogen) atoms. The van der Waals surface area contributed by atoms with E-state index >= 15 is 0 Å². The van der Waals surface area contributed by atoms with Gasteiger partial charge in [-0.1, -0.05) is 6.92 Å². The summed E-state index contributed by atoms with van der Waals surface area (Å²) >= 11 is 1.75. The Morgan fingerprint density at radius 2 is 2.25 bits per heavy atom. The van der Waals surface area contributed by atoms with Crippen molar-refractivity contribution in [1.82, 2.24) is 10.6 Å². The molecule has 0 amide bonds. The topological polar surface area (TPSA) is 54.9 Å². The Hall–Kier alpha value is -1.11. The number of guanidine groups is 1. The van der Waals surface area contributed by atoms with Gasteiger partial charge in [0, 0.05) is 46.6 Å². The van der Waals surface area contributed by atoms with E-state index in [2.05, 4.69) is 39.4 Å². The van der Waals surface area contributed by atoms with E-state index in [1.807, 2.05) is 7.05 Å². The summed E-state index contributed by atoms with van der Waals surface area (Å²) in [5.74, 6) is 2.03. The fourth-order valence-electron chi connectivity index (χ4n) is 2.69. The van der Waals surface area contributed by atoms with Crippen molar-refractivity contribution in [3.63, 3.8) is 0 Å². The highest BCUT2D eigenvalue weighted by atomic mass is 32.1. The van der Waals surface area contributed by atoms with Crippen molar-refractivity contribution in [2.75, 3.05) is 46.6 Å². The first kappa shape index (κ1) is 19.2. The third-order valence-electron chi connectivity index (χ3n) is 4.36. The fraction of sp³-hybridized carbons (Fsp3) is 0.722. The minimum atomic E-state index is 0.484. The molecule has 1 aromatic heterocycles. The maximum Gasteiger partial charge on any atom is 0.190 e. The first-order valence-electron chi connectivity index (χ1n) is 8.91. The molecule has 136 valence electrons. The molecule has 1 aliphatic rings. The molecule has 0 radical (unpaired) electrons. The molecule has 1 atom stereocenters. The Kier molecular flexibility index (Phi) is 9.16. The predicted octanol–water partition coefficient (Wildman–Crippen LogP) is 2.85. The lowest BCUT2D eigenvalue weighted by atomic mass is 10.0. The SMILES string of the molecule is CN=C(NCCCOCC1CCOCC1)NCC(C)c1ccsc1. The maximum atomic E-state index is 5.78. The van der Waals surface area contributed by atoms with E-state index in [0.29, 0.717) is 11.8 Å². The molecule has 6 heteroatoms. The van der Waals surface area contributed by atoms with Crippen molar-refractivity contribution in [3.8, 4) is 0 Å². The molecule has 1 saturated heterocycles. The van der Waals surface area contributed by atoms with E-state index < -0.39 is 0 Å². The molecule has 0 bridgehead atoms. The van der Waals surface area contributed by atoms with Crippen LogP contribution in [0.2, 0.25) is 0 Å². The maximum absolute atomic E-state index is 5.78. The zero-order valence-corrected chi connectivity index (χ0v) is 15.7. The molecule has 1 fully saturated rings. The van der Waals surface area contributed by atoms with Gasteiger partial charge in [-0.05, 0) is 53.5 Å². The van der Waals surface area contributed by atoms with Crippen LogP contribution in [0.5, 0.6) is 0 Å². The summed E-state index contributed by atoms with van der Waals surface area (Å²) in [5.41, 5.74) is 1.38. The van der Waals surface area contributed by atoms with Gasteiger partial charge < -0.3 is 20.1 Å². The van der Waals surface area contributed by atoms with Crippen LogP contribution in [0.15, 0.2) is 21.8 Å². The van der Waals surface area contributed by atoms with Gasteiger partial charge >= 0.3 is 0 Å². The van der Waals surface area contributed by atoms with Crippen molar-refractivity contribution >= 4 is 17.3 Å². The van der Waals surface area contributed by atoms with Crippen LogP contribution in [0.25, 0.3) is 0 Å². The largest absolute Gasteiger partial charge is 0.381 e. The van der Waals surface area contributed by atoms with Gasteiger partial charge in [0.15, 0.2) is 5.96 Å². The number of aliphatic imine (C=N–C) groups is 1. The summed E-state index contributed by atoms with van der Waals surface area (Å²) in [7, 11) is 1.81. The second-order valence-corrected chi connectivity index (χ2v) is 7.10. The highest BCUT2D eigenvalue weighted by Gasteiger charge is 2.13. The molecular formula is C18H31N3O2S. The molecule has 0 aliphatic carbocycles. The molecule has 2 rings (SSSR count). The smallest absolute Gasteiger partial charge is 0.190 e. The second-order valence-electron chi connectivity index (χ2n) is 6.32. The van der Waals surface area contributed by atoms with Crippen LogP contribution < -0.4 is 10.6 Å². The molecule has 0 saturated carbocycles. The van der Waals surface area contributed by atoms with Gasteiger partial charge in [0.1, 0.15) is 0 Å². The summed E-state index contributed by atoms with van der Waals surface area (Å²) in [4.78, 5) is 4.27. The van der Waals surface area contributed by atoms with Gasteiger partial charge in [-0.3, -0.25) is 4.99 Å². The lowest BCUT2D eigenvalue weighted by Gasteiger charge is -2.21. The molecule has 0 aromatic carbocycles. The average Bonchev–Trinajstić information content (AvgIpc) is 3.16. The summed E-state index contributed by atoms with van der Waals surface area (Å²) in [6.45, 7) is 7.44. The van der Waals surface area contributed by atoms with Crippen LogP contribution in [0.1, 0.15) is 37.7 Å². The molecule has 0 spiro atoms. The Labute approximate surface area is 149 Å². The number of nitrogens with one attached hydrogen (secondary N) is 2. The van der Waals surface area contributed by atoms with Crippen molar-refractivity contribution in [3.05, 3.63) is 22.4 Å². The average molecular weight is 354 g/mol. The lowest BCUT2D eigenvalue weighted by molar-refractivity contribution is 0.0203. The zero-order chi connectivity index (χ0) is 17.0. The Morgan fingerprint density at radius 1 is 1.42 bits per heavy atom. The van der Waals surface area contributed by atoms with E-state index in [-0.39, 0.29) is 0 Å². The molecule has 1 aromatic rings. The fourth-order valence-corrected chi connectivity index (χ4v) is 3.47. The van der Waals surface area contributed by atoms with Crippen molar-refractivity contribution in [1.29, 1.82) is 0 Å². The molecule has 2 heterocycles. The van der Waals surface area contributed by atoms with Crippen LogP contribution >= 0.6 is 11.3 Å². The van der Waals surface area contributed by atoms with Crippen LogP contribution in [0.4, 0.5) is 0 Å². The first-order valence-corrected chi connectivity index (χ1v) is 9.86. The Balaban J connectivity index is 1.50. The Bertz CT molecular complexity index is 459. The van der Waals surface area contributed by atoms with Gasteiger partial charge in [-0.15, -0.1) is 0 Å². The summed E-state index contributed by atoms with van der Waals surface area (Å²) in [6.07, 6.45) is 3.26. The normalized spacial score (nSPS) is 17.7. The predicted molar refractivity (Wildman–Crippen MR) is 101 cm³/mol. The third kappa shape index (κ3) is 7.20. The summed E-state index contributed by atoms with van der Waals surface area (Å²) in [5, 5.41) is 11.1. The minimum absolute atomic E-state index is 0.484. The lowest BCUT2D eigenvalue weighted by Crippen LogP contribution is -2.39. The van der Waals surface area contributed by atoms with Crippen LogP contribution in [0, 0.1) is 5.92 Å². The van der Waals surface area contributed by atoms with E-state index in [4.69, 9.17) is 9.47 Å². The van der Waals surface area contributed by atoms with Crippen molar-refractivity contribution < 1.29 is 9.47 Å². The van der Waals surface area contributed by atoms with Crippen LogP contribution in [-0.4, -0.2) is 52.5 Å². The van der Waals surface area contributed by atoms with Gasteiger partial charge in [0.25, 0.3) is 0 Å². The van der Waals surface area contributed by atoms with E-state index in [9.17, 15) is 0 Å². The molecule has 5 nitrogen and oxygen atoms in total. The van der Waals surface area contributed by atoms with Gasteiger partial charge in [-0.25, -0.2) is 0 Å². The second kappa shape index (κ2) is 11.4. The molecule has 1 aliphatic heterocycles. The number of thiophene rings is 1. The zero-order valence-electron chi connectivity index (χ0n) is 14.9. The Morgan fingerprint density at radius 3 is 2.96 bits per heavy atom. The summed E-state index contributed by atoms with van der Waals surface area (Å²) < 4.78 is 11.1. The minimum Gasteiger partial charge on any atom is -0.381 e. The van der Waals surface area contributed by atoms with Crippen molar-refractivity contribution in [2.45, 2.75) is 32.1 Å². The number of nitrogens with zero attached hydrogens (tertiary/aromatic N) is 1. The number of hydrogen-bond acceptors (Lipinski definition) is 4. The first-order chi connectivity index (χ1) is 11.8. The quantitative estimate of drug-likeness (QED) is 0.407. The van der Waals surface area contributed by atoms with Gasteiger partial charge in [-0.2, -0.15) is 11.3 Å². The standard InChI is InChI=1S/C18H31N3O2S/c1-15(17-6-11-24-14-17)12-21-18(19-2)20-7-3-8-23-13-16-4-9-22-10-5-16/h6,11,14-16H,3-5,7-10,12-13H2,1-2H3,(H2,19,20,21). The molecule has 2 N–H and O–H groups in total. The summed E-state index contributed by atoms with van der Waals surface area (Å²) in [6, 6.07) is 2.18. The highest BCUT2D eigenvalue weighted by Crippen LogP contribution is 2.17. The molecular weight excluding hydrogens is 322 g/mol. The van der Waals surface area contributed by atoms with Crippen molar-refractivity contribution in [2.24, 2.45) is 10.9 Å². The number of ether oxygens (including phenoxy) is 2. The molecule has 1 unspecified atom stereocenters. The van der Waals surface area contributed by atoms with Gasteiger partial charge in [0.2, 0.25) is 0 Å². The van der Waals surface area contributed by atoms with E-state index in [1.165, 1.54) is 5.56 Å². The monoisotopic (exact) mass is 353 g/mol. The van der Waals surface area contributed by atoms with Crippen LogP contribution in [0.3, 0.4) is 0 Å². The highest BCUT2D eigenvalue weighted by molar-refractivity contribution is 7.07. The van der Waals surface area contributed by atoms with Gasteiger partial charge in [0.05, 0.1) is 0 Å².